The molecule has 3 heteroatoms. The van der Waals surface area contributed by atoms with Crippen LogP contribution in [0.3, 0.4) is 0 Å². The lowest BCUT2D eigenvalue weighted by atomic mass is 10.0. The minimum atomic E-state index is 0.169. The first-order valence-corrected chi connectivity index (χ1v) is 7.51. The predicted molar refractivity (Wildman–Crippen MR) is 93.7 cm³/mol. The van der Waals surface area contributed by atoms with Crippen LogP contribution in [0.4, 0.5) is 0 Å². The lowest BCUT2D eigenvalue weighted by Gasteiger charge is -2.09. The van der Waals surface area contributed by atoms with Crippen LogP contribution in [0, 0.1) is 0 Å². The van der Waals surface area contributed by atoms with Crippen LogP contribution in [0.2, 0.25) is 0 Å². The van der Waals surface area contributed by atoms with Crippen molar-refractivity contribution in [2.24, 2.45) is 0 Å². The number of fused-ring (bicyclic) bond motifs is 6. The second-order valence-electron chi connectivity index (χ2n) is 5.69. The van der Waals surface area contributed by atoms with Crippen molar-refractivity contribution < 1.29 is 5.11 Å². The van der Waals surface area contributed by atoms with Crippen LogP contribution in [0.25, 0.3) is 43.6 Å². The highest BCUT2D eigenvalue weighted by Gasteiger charge is 2.12. The highest BCUT2D eigenvalue weighted by atomic mass is 16.3. The van der Waals surface area contributed by atoms with Crippen molar-refractivity contribution in [3.63, 3.8) is 0 Å². The monoisotopic (exact) mass is 296 g/mol. The topological polar surface area (TPSA) is 46.0 Å². The van der Waals surface area contributed by atoms with Crippen molar-refractivity contribution in [3.8, 4) is 5.75 Å². The van der Waals surface area contributed by atoms with Gasteiger partial charge in [0.2, 0.25) is 0 Å². The van der Waals surface area contributed by atoms with Gasteiger partial charge in [-0.2, -0.15) is 0 Å². The maximum atomic E-state index is 10.5. The Balaban J connectivity index is 2.06. The highest BCUT2D eigenvalue weighted by molar-refractivity contribution is 6.17. The van der Waals surface area contributed by atoms with Gasteiger partial charge in [-0.1, -0.05) is 48.5 Å². The van der Waals surface area contributed by atoms with Crippen LogP contribution in [0.1, 0.15) is 0 Å². The quantitative estimate of drug-likeness (QED) is 0.330. The Bertz CT molecular complexity index is 1230. The number of rotatable bonds is 0. The van der Waals surface area contributed by atoms with Gasteiger partial charge in [0.05, 0.1) is 11.0 Å². The van der Waals surface area contributed by atoms with E-state index >= 15 is 0 Å². The number of aromatic hydroxyl groups is 1. The van der Waals surface area contributed by atoms with E-state index in [-0.39, 0.29) is 5.75 Å². The van der Waals surface area contributed by atoms with E-state index in [1.165, 1.54) is 0 Å². The molecule has 1 N–H and O–H groups in total. The second-order valence-corrected chi connectivity index (χ2v) is 5.69. The molecule has 0 saturated heterocycles. The molecule has 1 aromatic heterocycles. The molecule has 0 unspecified atom stereocenters. The lowest BCUT2D eigenvalue weighted by Crippen LogP contribution is -1.90. The molecule has 0 aliphatic heterocycles. The third kappa shape index (κ3) is 1.70. The summed E-state index contributed by atoms with van der Waals surface area (Å²) in [6.45, 7) is 0. The number of para-hydroxylation sites is 2. The Morgan fingerprint density at radius 1 is 0.609 bits per heavy atom. The third-order valence-corrected chi connectivity index (χ3v) is 4.32. The van der Waals surface area contributed by atoms with E-state index in [1.807, 2.05) is 36.4 Å². The summed E-state index contributed by atoms with van der Waals surface area (Å²) in [7, 11) is 0. The van der Waals surface area contributed by atoms with E-state index in [1.54, 1.807) is 6.07 Å². The normalized spacial score (nSPS) is 11.7. The fourth-order valence-corrected chi connectivity index (χ4v) is 3.23. The first kappa shape index (κ1) is 12.4. The average molecular weight is 296 g/mol. The van der Waals surface area contributed by atoms with Gasteiger partial charge in [0.1, 0.15) is 16.8 Å². The number of nitrogens with zero attached hydrogens (tertiary/aromatic N) is 2. The summed E-state index contributed by atoms with van der Waals surface area (Å²) in [6, 6.07) is 21.8. The standard InChI is InChI=1S/C20H12N2O/c23-18-11-15-13-6-2-1-5-12(13)9-10-14(15)19-20(18)22-17-8-4-3-7-16(17)21-19/h1-11,23H. The zero-order chi connectivity index (χ0) is 15.4. The first-order chi connectivity index (χ1) is 11.3. The molecule has 0 atom stereocenters. The summed E-state index contributed by atoms with van der Waals surface area (Å²) in [5, 5.41) is 14.7. The van der Waals surface area contributed by atoms with Gasteiger partial charge in [-0.25, -0.2) is 9.97 Å². The Morgan fingerprint density at radius 3 is 2.13 bits per heavy atom. The zero-order valence-electron chi connectivity index (χ0n) is 12.2. The second kappa shape index (κ2) is 4.40. The van der Waals surface area contributed by atoms with E-state index in [0.29, 0.717) is 5.52 Å². The summed E-state index contributed by atoms with van der Waals surface area (Å²) in [5.74, 6) is 0.169. The van der Waals surface area contributed by atoms with Crippen LogP contribution in [0.15, 0.2) is 66.7 Å². The van der Waals surface area contributed by atoms with Gasteiger partial charge >= 0.3 is 0 Å². The molecule has 0 saturated carbocycles. The molecule has 0 aliphatic rings. The van der Waals surface area contributed by atoms with E-state index in [2.05, 4.69) is 29.2 Å². The van der Waals surface area contributed by atoms with Crippen molar-refractivity contribution in [2.45, 2.75) is 0 Å². The molecular weight excluding hydrogens is 284 g/mol. The average Bonchev–Trinajstić information content (AvgIpc) is 2.60. The summed E-state index contributed by atoms with van der Waals surface area (Å²) in [5.41, 5.74) is 2.91. The molecule has 3 nitrogen and oxygen atoms in total. The Labute approximate surface area is 131 Å². The van der Waals surface area contributed by atoms with Crippen molar-refractivity contribution in [1.82, 2.24) is 9.97 Å². The number of aromatic nitrogens is 2. The van der Waals surface area contributed by atoms with Crippen molar-refractivity contribution in [1.29, 1.82) is 0 Å². The third-order valence-electron chi connectivity index (χ3n) is 4.32. The maximum absolute atomic E-state index is 10.5. The molecule has 0 amide bonds. The minimum absolute atomic E-state index is 0.169. The molecular formula is C20H12N2O. The smallest absolute Gasteiger partial charge is 0.144 e. The molecule has 23 heavy (non-hydrogen) atoms. The highest BCUT2D eigenvalue weighted by Crippen LogP contribution is 2.35. The Morgan fingerprint density at radius 2 is 1.30 bits per heavy atom. The molecule has 5 rings (SSSR count). The van der Waals surface area contributed by atoms with E-state index < -0.39 is 0 Å². The number of phenolic OH excluding ortho intramolecular Hbond substituents is 1. The van der Waals surface area contributed by atoms with Gasteiger partial charge in [-0.3, -0.25) is 0 Å². The van der Waals surface area contributed by atoms with Crippen molar-refractivity contribution >= 4 is 43.6 Å². The van der Waals surface area contributed by atoms with E-state index in [4.69, 9.17) is 4.98 Å². The van der Waals surface area contributed by atoms with Crippen LogP contribution >= 0.6 is 0 Å². The van der Waals surface area contributed by atoms with Crippen LogP contribution < -0.4 is 0 Å². The van der Waals surface area contributed by atoms with Crippen LogP contribution in [-0.2, 0) is 0 Å². The molecule has 0 radical (unpaired) electrons. The SMILES string of the molecule is Oc1cc2c3ccccc3ccc2c2nc3ccccc3nc12. The molecule has 0 spiro atoms. The van der Waals surface area contributed by atoms with E-state index in [9.17, 15) is 5.11 Å². The Kier molecular flexibility index (Phi) is 2.36. The number of phenols is 1. The number of hydrogen-bond donors (Lipinski definition) is 1. The fraction of sp³-hybridized carbons (Fsp3) is 0. The summed E-state index contributed by atoms with van der Waals surface area (Å²) in [6.07, 6.45) is 0. The fourth-order valence-electron chi connectivity index (χ4n) is 3.23. The largest absolute Gasteiger partial charge is 0.506 e. The predicted octanol–water partition coefficient (Wildman–Crippen LogP) is 4.80. The van der Waals surface area contributed by atoms with Gasteiger partial charge < -0.3 is 5.11 Å². The molecule has 0 aliphatic carbocycles. The van der Waals surface area contributed by atoms with E-state index in [0.717, 1.165) is 38.1 Å². The molecule has 1 heterocycles. The van der Waals surface area contributed by atoms with Crippen LogP contribution in [-0.4, -0.2) is 15.1 Å². The minimum Gasteiger partial charge on any atom is -0.506 e. The number of hydrogen-bond acceptors (Lipinski definition) is 3. The molecule has 5 aromatic rings. The summed E-state index contributed by atoms with van der Waals surface area (Å²) in [4.78, 5) is 9.35. The van der Waals surface area contributed by atoms with Crippen LogP contribution in [0.5, 0.6) is 5.75 Å². The summed E-state index contributed by atoms with van der Waals surface area (Å²) < 4.78 is 0. The molecule has 108 valence electrons. The first-order valence-electron chi connectivity index (χ1n) is 7.51. The van der Waals surface area contributed by atoms with Crippen molar-refractivity contribution in [2.75, 3.05) is 0 Å². The van der Waals surface area contributed by atoms with Gasteiger partial charge in [0, 0.05) is 5.39 Å². The van der Waals surface area contributed by atoms with Gasteiger partial charge in [0.25, 0.3) is 0 Å². The number of benzene rings is 4. The molecule has 4 aromatic carbocycles. The van der Waals surface area contributed by atoms with Gasteiger partial charge in [-0.15, -0.1) is 0 Å². The zero-order valence-corrected chi connectivity index (χ0v) is 12.2. The van der Waals surface area contributed by atoms with Gasteiger partial charge in [-0.05, 0) is 34.4 Å². The molecule has 0 fully saturated rings. The molecule has 0 bridgehead atoms. The maximum Gasteiger partial charge on any atom is 0.144 e. The lowest BCUT2D eigenvalue weighted by molar-refractivity contribution is 0.481. The van der Waals surface area contributed by atoms with Gasteiger partial charge in [0.15, 0.2) is 0 Å². The Hall–Kier alpha value is -3.20. The summed E-state index contributed by atoms with van der Waals surface area (Å²) >= 11 is 0. The van der Waals surface area contributed by atoms with Crippen molar-refractivity contribution in [3.05, 3.63) is 66.7 Å².